The summed E-state index contributed by atoms with van der Waals surface area (Å²) in [5.74, 6) is 3.55. The van der Waals surface area contributed by atoms with Crippen molar-refractivity contribution in [3.63, 3.8) is 0 Å². The van der Waals surface area contributed by atoms with Crippen LogP contribution in [0.2, 0.25) is 0 Å². The van der Waals surface area contributed by atoms with Gasteiger partial charge in [-0.05, 0) is 179 Å². The molecule has 0 saturated heterocycles. The molecule has 0 amide bonds. The summed E-state index contributed by atoms with van der Waals surface area (Å²) >= 11 is 3.53. The van der Waals surface area contributed by atoms with Crippen LogP contribution in [0.1, 0.15) is 142 Å². The van der Waals surface area contributed by atoms with Crippen molar-refractivity contribution < 1.29 is 18.9 Å². The maximum absolute atomic E-state index is 10.6. The zero-order valence-electron chi connectivity index (χ0n) is 50.4. The van der Waals surface area contributed by atoms with E-state index in [0.717, 1.165) is 147 Å². The molecule has 86 heavy (non-hydrogen) atoms. The minimum atomic E-state index is 0.0794. The Bertz CT molecular complexity index is 3410. The summed E-state index contributed by atoms with van der Waals surface area (Å²) in [6.07, 6.45) is 18.5. The number of hydrogen-bond acceptors (Lipinski definition) is 9. The summed E-state index contributed by atoms with van der Waals surface area (Å²) in [6, 6.07) is 58.6. The summed E-state index contributed by atoms with van der Waals surface area (Å²) in [7, 11) is 0. The van der Waals surface area contributed by atoms with Gasteiger partial charge in [0.15, 0.2) is 0 Å². The van der Waals surface area contributed by atoms with E-state index in [1.807, 2.05) is 0 Å². The topological polar surface area (TPSA) is 71.6 Å². The van der Waals surface area contributed by atoms with Crippen LogP contribution in [-0.4, -0.2) is 26.4 Å². The number of fused-ring (bicyclic) bond motifs is 7. The van der Waals surface area contributed by atoms with E-state index in [2.05, 4.69) is 206 Å². The molecule has 8 nitrogen and oxygen atoms in total. The summed E-state index contributed by atoms with van der Waals surface area (Å²) in [6.45, 7) is 20.0. The van der Waals surface area contributed by atoms with E-state index in [9.17, 15) is 5.26 Å². The largest absolute Gasteiger partial charge is 0.494 e. The van der Waals surface area contributed by atoms with Gasteiger partial charge in [0.1, 0.15) is 23.0 Å². The number of benzene rings is 8. The van der Waals surface area contributed by atoms with Gasteiger partial charge in [0.25, 0.3) is 5.70 Å². The zero-order valence-corrected chi connectivity index (χ0v) is 52.0. The monoisotopic (exact) mass is 1170 g/mol. The van der Waals surface area contributed by atoms with Crippen LogP contribution in [0.15, 0.2) is 183 Å². The predicted molar refractivity (Wildman–Crippen MR) is 357 cm³/mol. The highest BCUT2D eigenvalue weighted by molar-refractivity contribution is 8.00. The highest BCUT2D eigenvalue weighted by atomic mass is 32.2. The van der Waals surface area contributed by atoms with E-state index in [1.54, 1.807) is 23.5 Å². The molecule has 3 aliphatic rings. The molecule has 0 unspecified atom stereocenters. The Morgan fingerprint density at radius 1 is 0.384 bits per heavy atom. The smallest absolute Gasteiger partial charge is 0.270 e. The second-order valence-electron chi connectivity index (χ2n) is 22.6. The highest BCUT2D eigenvalue weighted by Crippen LogP contribution is 2.56. The van der Waals surface area contributed by atoms with Gasteiger partial charge in [0, 0.05) is 36.5 Å². The fourth-order valence-electron chi connectivity index (χ4n) is 11.8. The van der Waals surface area contributed by atoms with E-state index in [-0.39, 0.29) is 5.70 Å². The SMILES string of the molecule is [C-]#[N+]C(C#N)=C1c2cc(-c3ccc(N4c5ccc(OCCCCCC)cc5Sc5cc(OCCCCCC)ccc54)cc3)ccc2-c2ccc(-c3ccc(N4c5ccc(OCCCCCC)cc5Sc5cc(OCCCCCC)ccc54)cc3)cc21. The average Bonchev–Trinajstić information content (AvgIpc) is 1.57. The number of anilines is 6. The number of allylic oxidation sites excluding steroid dienone is 1. The Labute approximate surface area is 519 Å². The molecular weight excluding hydrogens is 1100 g/mol. The normalized spacial score (nSPS) is 12.5. The second kappa shape index (κ2) is 28.9. The second-order valence-corrected chi connectivity index (χ2v) is 24.8. The number of unbranched alkanes of at least 4 members (excludes halogenated alkanes) is 12. The maximum atomic E-state index is 10.6. The van der Waals surface area contributed by atoms with Crippen molar-refractivity contribution >= 4 is 63.2 Å². The minimum Gasteiger partial charge on any atom is -0.494 e. The first-order valence-electron chi connectivity index (χ1n) is 31.4. The van der Waals surface area contributed by atoms with Crippen LogP contribution >= 0.6 is 23.5 Å². The molecule has 1 aliphatic carbocycles. The molecule has 10 heteroatoms. The van der Waals surface area contributed by atoms with Gasteiger partial charge < -0.3 is 28.7 Å². The number of ether oxygens (including phenoxy) is 4. The van der Waals surface area contributed by atoms with E-state index >= 15 is 0 Å². The third kappa shape index (κ3) is 13.5. The number of nitrogens with zero attached hydrogens (tertiary/aromatic N) is 4. The third-order valence-corrected chi connectivity index (χ3v) is 18.6. The van der Waals surface area contributed by atoms with Crippen molar-refractivity contribution in [2.24, 2.45) is 0 Å². The predicted octanol–water partition coefficient (Wildman–Crippen LogP) is 22.9. The van der Waals surface area contributed by atoms with E-state index in [1.165, 1.54) is 77.0 Å². The zero-order chi connectivity index (χ0) is 59.2. The number of hydrogen-bond donors (Lipinski definition) is 0. The van der Waals surface area contributed by atoms with Gasteiger partial charge in [-0.2, -0.15) is 0 Å². The lowest BCUT2D eigenvalue weighted by molar-refractivity contribution is 0.304. The molecule has 0 bridgehead atoms. The first-order chi connectivity index (χ1) is 42.4. The van der Waals surface area contributed by atoms with Gasteiger partial charge in [-0.25, -0.2) is 10.1 Å². The third-order valence-electron chi connectivity index (χ3n) is 16.4. The standard InChI is InChI=1S/C76H78N4O4S2/c1-6-10-14-18-42-81-59-32-38-68-72(48-59)85-73-49-60(82-43-19-15-11-7-2)33-39-69(73)79(68)57-28-22-53(23-29-57)55-26-36-63-64-37-27-56(47-66(64)76(65(63)46-55)67(52-77)78-5)54-24-30-58(31-25-54)80-70-40-34-61(83-44-20-16-12-8-3)50-74(70)86-75-51-62(35-41-71(75)80)84-45-21-17-13-9-4/h22-41,46-51H,6-21,42-45H2,1-4H3. The summed E-state index contributed by atoms with van der Waals surface area (Å²) < 4.78 is 25.2. The lowest BCUT2D eigenvalue weighted by Gasteiger charge is -2.33. The molecular formula is C76H78N4O4S2. The Kier molecular flexibility index (Phi) is 20.1. The number of nitriles is 1. The van der Waals surface area contributed by atoms with Crippen LogP contribution in [0, 0.1) is 17.9 Å². The molecule has 438 valence electrons. The van der Waals surface area contributed by atoms with Gasteiger partial charge in [-0.3, -0.25) is 0 Å². The lowest BCUT2D eigenvalue weighted by Crippen LogP contribution is -2.15. The Hall–Kier alpha value is -8.02. The van der Waals surface area contributed by atoms with Crippen LogP contribution in [0.5, 0.6) is 23.0 Å². The average molecular weight is 1180 g/mol. The fourth-order valence-corrected chi connectivity index (χ4v) is 14.0. The summed E-state index contributed by atoms with van der Waals surface area (Å²) in [5.41, 5.74) is 15.1. The van der Waals surface area contributed by atoms with Gasteiger partial charge in [0.05, 0.1) is 61.8 Å². The van der Waals surface area contributed by atoms with Crippen LogP contribution < -0.4 is 28.7 Å². The van der Waals surface area contributed by atoms with Crippen LogP contribution in [-0.2, 0) is 0 Å². The molecule has 2 aliphatic heterocycles. The van der Waals surface area contributed by atoms with Crippen LogP contribution in [0.25, 0.3) is 43.8 Å². The van der Waals surface area contributed by atoms with E-state index in [0.29, 0.717) is 32.0 Å². The molecule has 8 aromatic rings. The van der Waals surface area contributed by atoms with Crippen molar-refractivity contribution in [3.8, 4) is 62.4 Å². The molecule has 0 saturated carbocycles. The van der Waals surface area contributed by atoms with Crippen LogP contribution in [0.4, 0.5) is 34.1 Å². The van der Waals surface area contributed by atoms with E-state index < -0.39 is 0 Å². The molecule has 11 rings (SSSR count). The van der Waals surface area contributed by atoms with Crippen molar-refractivity contribution in [1.29, 1.82) is 5.26 Å². The molecule has 0 fully saturated rings. The Morgan fingerprint density at radius 3 is 0.988 bits per heavy atom. The van der Waals surface area contributed by atoms with E-state index in [4.69, 9.17) is 25.5 Å². The maximum Gasteiger partial charge on any atom is 0.270 e. The summed E-state index contributed by atoms with van der Waals surface area (Å²) in [5, 5.41) is 10.6. The molecule has 0 atom stereocenters. The van der Waals surface area contributed by atoms with Crippen molar-refractivity contribution in [3.05, 3.63) is 186 Å². The first kappa shape index (κ1) is 59.7. The molecule has 0 N–H and O–H groups in total. The molecule has 0 aromatic heterocycles. The van der Waals surface area contributed by atoms with Gasteiger partial charge in [0.2, 0.25) is 0 Å². The van der Waals surface area contributed by atoms with Crippen molar-refractivity contribution in [2.75, 3.05) is 36.2 Å². The Balaban J connectivity index is 0.860. The van der Waals surface area contributed by atoms with Gasteiger partial charge in [-0.15, -0.1) is 0 Å². The summed E-state index contributed by atoms with van der Waals surface area (Å²) in [4.78, 5) is 13.1. The molecule has 0 spiro atoms. The van der Waals surface area contributed by atoms with Crippen molar-refractivity contribution in [2.45, 2.75) is 150 Å². The first-order valence-corrected chi connectivity index (χ1v) is 33.1. The van der Waals surface area contributed by atoms with Gasteiger partial charge >= 0.3 is 0 Å². The highest BCUT2D eigenvalue weighted by Gasteiger charge is 2.31. The quantitative estimate of drug-likeness (QED) is 0.0271. The fraction of sp³-hybridized carbons (Fsp3) is 0.316. The molecule has 8 aromatic carbocycles. The van der Waals surface area contributed by atoms with Crippen molar-refractivity contribution in [1.82, 2.24) is 0 Å². The molecule has 2 heterocycles. The minimum absolute atomic E-state index is 0.0794. The van der Waals surface area contributed by atoms with Crippen LogP contribution in [0.3, 0.4) is 0 Å². The number of rotatable bonds is 28. The molecule has 0 radical (unpaired) electrons. The Morgan fingerprint density at radius 2 is 0.698 bits per heavy atom. The lowest BCUT2D eigenvalue weighted by atomic mass is 9.96. The van der Waals surface area contributed by atoms with Gasteiger partial charge in [-0.1, -0.05) is 177 Å².